The lowest BCUT2D eigenvalue weighted by molar-refractivity contribution is -0.0951. The molecule has 1 atom stereocenters. The second-order valence-corrected chi connectivity index (χ2v) is 6.34. The van der Waals surface area contributed by atoms with Gasteiger partial charge in [0.1, 0.15) is 5.69 Å². The molecule has 1 unspecified atom stereocenters. The molecule has 1 aromatic heterocycles. The van der Waals surface area contributed by atoms with Gasteiger partial charge in [0.25, 0.3) is 0 Å². The topological polar surface area (TPSA) is 45.2 Å². The SMILES string of the molecule is CN(C)/C=C/C(=O)c1ccc(NC2(C)C=CC=C(C(F)(F)F)C2)cn1. The fourth-order valence-corrected chi connectivity index (χ4v) is 2.42. The molecule has 2 rings (SSSR count). The van der Waals surface area contributed by atoms with E-state index >= 15 is 0 Å². The van der Waals surface area contributed by atoms with Crippen molar-refractivity contribution in [2.75, 3.05) is 19.4 Å². The summed E-state index contributed by atoms with van der Waals surface area (Å²) in [6, 6.07) is 3.18. The molecular formula is C18H20F3N3O. The summed E-state index contributed by atoms with van der Waals surface area (Å²) < 4.78 is 38.7. The molecule has 1 N–H and O–H groups in total. The van der Waals surface area contributed by atoms with Crippen LogP contribution in [0.2, 0.25) is 0 Å². The number of carbonyl (C=O) groups is 1. The van der Waals surface area contributed by atoms with Crippen molar-refractivity contribution in [2.45, 2.75) is 25.1 Å². The van der Waals surface area contributed by atoms with E-state index in [0.29, 0.717) is 5.69 Å². The van der Waals surface area contributed by atoms with Crippen LogP contribution >= 0.6 is 0 Å². The Bertz CT molecular complexity index is 718. The van der Waals surface area contributed by atoms with E-state index in [4.69, 9.17) is 0 Å². The zero-order chi connectivity index (χ0) is 18.7. The summed E-state index contributed by atoms with van der Waals surface area (Å²) in [6.07, 6.45) is 4.11. The maximum absolute atomic E-state index is 12.9. The highest BCUT2D eigenvalue weighted by atomic mass is 19.4. The maximum Gasteiger partial charge on any atom is 0.412 e. The molecule has 0 bridgehead atoms. The van der Waals surface area contributed by atoms with Crippen LogP contribution in [0.1, 0.15) is 23.8 Å². The summed E-state index contributed by atoms with van der Waals surface area (Å²) in [5.41, 5.74) is -0.649. The van der Waals surface area contributed by atoms with Gasteiger partial charge in [-0.3, -0.25) is 9.78 Å². The molecule has 0 saturated heterocycles. The number of nitrogens with zero attached hydrogens (tertiary/aromatic N) is 2. The van der Waals surface area contributed by atoms with Gasteiger partial charge in [0.15, 0.2) is 0 Å². The number of aromatic nitrogens is 1. The second-order valence-electron chi connectivity index (χ2n) is 6.34. The minimum atomic E-state index is -4.35. The van der Waals surface area contributed by atoms with E-state index in [9.17, 15) is 18.0 Å². The van der Waals surface area contributed by atoms with Gasteiger partial charge >= 0.3 is 6.18 Å². The first-order valence-corrected chi connectivity index (χ1v) is 7.68. The monoisotopic (exact) mass is 351 g/mol. The molecule has 1 heterocycles. The van der Waals surface area contributed by atoms with Gasteiger partial charge in [-0.2, -0.15) is 13.2 Å². The molecule has 1 aliphatic rings. The van der Waals surface area contributed by atoms with Gasteiger partial charge in [-0.05, 0) is 19.1 Å². The van der Waals surface area contributed by atoms with Crippen LogP contribution in [0, 0.1) is 0 Å². The van der Waals surface area contributed by atoms with Crippen molar-refractivity contribution < 1.29 is 18.0 Å². The summed E-state index contributed by atoms with van der Waals surface area (Å²) in [7, 11) is 3.60. The highest BCUT2D eigenvalue weighted by Gasteiger charge is 2.38. The molecule has 0 aromatic carbocycles. The van der Waals surface area contributed by atoms with E-state index in [1.807, 2.05) is 0 Å². The standard InChI is InChI=1S/C18H20F3N3O/c1-17(9-4-5-13(11-17)18(19,20)21)23-14-6-7-15(22-12-14)16(25)8-10-24(2)3/h4-10,12,23H,11H2,1-3H3/b10-8+. The number of alkyl halides is 3. The van der Waals surface area contributed by atoms with Crippen molar-refractivity contribution in [3.05, 3.63) is 60.1 Å². The maximum atomic E-state index is 12.9. The third kappa shape index (κ3) is 5.20. The molecule has 25 heavy (non-hydrogen) atoms. The van der Waals surface area contributed by atoms with Crippen LogP contribution in [-0.4, -0.2) is 41.5 Å². The molecule has 0 radical (unpaired) electrons. The van der Waals surface area contributed by atoms with Crippen molar-refractivity contribution in [1.82, 2.24) is 9.88 Å². The van der Waals surface area contributed by atoms with E-state index in [2.05, 4.69) is 10.3 Å². The van der Waals surface area contributed by atoms with Gasteiger partial charge < -0.3 is 10.2 Å². The average molecular weight is 351 g/mol. The summed E-state index contributed by atoms with van der Waals surface area (Å²) in [5, 5.41) is 3.05. The molecule has 0 fully saturated rings. The molecule has 7 heteroatoms. The van der Waals surface area contributed by atoms with Crippen LogP contribution in [-0.2, 0) is 0 Å². The Kier molecular flexibility index (Phi) is 5.35. The Balaban J connectivity index is 2.08. The first kappa shape index (κ1) is 18.8. The average Bonchev–Trinajstić information content (AvgIpc) is 2.52. The molecule has 1 aromatic rings. The van der Waals surface area contributed by atoms with Gasteiger partial charge in [0, 0.05) is 38.4 Å². The number of pyridine rings is 1. The normalized spacial score (nSPS) is 20.5. The molecule has 0 spiro atoms. The Morgan fingerprint density at radius 3 is 2.64 bits per heavy atom. The first-order chi connectivity index (χ1) is 11.6. The lowest BCUT2D eigenvalue weighted by atomic mass is 9.87. The first-order valence-electron chi connectivity index (χ1n) is 7.68. The van der Waals surface area contributed by atoms with Crippen molar-refractivity contribution in [1.29, 1.82) is 0 Å². The minimum Gasteiger partial charge on any atom is -0.383 e. The van der Waals surface area contributed by atoms with Crippen molar-refractivity contribution >= 4 is 11.5 Å². The van der Waals surface area contributed by atoms with Gasteiger partial charge in [0.2, 0.25) is 5.78 Å². The predicted molar refractivity (Wildman–Crippen MR) is 91.3 cm³/mol. The summed E-state index contributed by atoms with van der Waals surface area (Å²) in [4.78, 5) is 17.7. The second kappa shape index (κ2) is 7.13. The number of anilines is 1. The van der Waals surface area contributed by atoms with Gasteiger partial charge in [-0.1, -0.05) is 18.2 Å². The quantitative estimate of drug-likeness (QED) is 0.644. The molecule has 0 saturated carbocycles. The highest BCUT2D eigenvalue weighted by Crippen LogP contribution is 2.36. The van der Waals surface area contributed by atoms with Crippen LogP contribution in [0.3, 0.4) is 0 Å². The van der Waals surface area contributed by atoms with Gasteiger partial charge in [-0.25, -0.2) is 0 Å². The fourth-order valence-electron chi connectivity index (χ4n) is 2.42. The molecule has 134 valence electrons. The van der Waals surface area contributed by atoms with Gasteiger partial charge in [-0.15, -0.1) is 0 Å². The number of hydrogen-bond acceptors (Lipinski definition) is 4. The third-order valence-electron chi connectivity index (χ3n) is 3.65. The highest BCUT2D eigenvalue weighted by molar-refractivity contribution is 6.03. The number of ketones is 1. The molecule has 1 aliphatic carbocycles. The number of allylic oxidation sites excluding steroid dienone is 3. The van der Waals surface area contributed by atoms with Crippen molar-refractivity contribution in [3.8, 4) is 0 Å². The van der Waals surface area contributed by atoms with E-state index < -0.39 is 17.3 Å². The largest absolute Gasteiger partial charge is 0.412 e. The Labute approximate surface area is 144 Å². The number of halogens is 3. The predicted octanol–water partition coefficient (Wildman–Crippen LogP) is 3.96. The van der Waals surface area contributed by atoms with Crippen LogP contribution in [0.5, 0.6) is 0 Å². The van der Waals surface area contributed by atoms with E-state index in [0.717, 1.165) is 6.08 Å². The third-order valence-corrected chi connectivity index (χ3v) is 3.65. The van der Waals surface area contributed by atoms with E-state index in [-0.39, 0.29) is 17.9 Å². The number of rotatable bonds is 5. The zero-order valence-electron chi connectivity index (χ0n) is 14.3. The zero-order valence-corrected chi connectivity index (χ0v) is 14.3. The van der Waals surface area contributed by atoms with Crippen molar-refractivity contribution in [3.63, 3.8) is 0 Å². The summed E-state index contributed by atoms with van der Waals surface area (Å²) in [5.74, 6) is -0.244. The van der Waals surface area contributed by atoms with Crippen LogP contribution in [0.25, 0.3) is 0 Å². The van der Waals surface area contributed by atoms with Crippen LogP contribution < -0.4 is 5.32 Å². The Morgan fingerprint density at radius 1 is 1.36 bits per heavy atom. The molecule has 0 aliphatic heterocycles. The molecule has 0 amide bonds. The lowest BCUT2D eigenvalue weighted by Gasteiger charge is -2.32. The molecule has 4 nitrogen and oxygen atoms in total. The summed E-state index contributed by atoms with van der Waals surface area (Å²) >= 11 is 0. The lowest BCUT2D eigenvalue weighted by Crippen LogP contribution is -2.36. The Hall–Kier alpha value is -2.57. The fraction of sp³-hybridized carbons (Fsp3) is 0.333. The summed E-state index contributed by atoms with van der Waals surface area (Å²) in [6.45, 7) is 1.68. The van der Waals surface area contributed by atoms with Gasteiger partial charge in [0.05, 0.1) is 17.4 Å². The smallest absolute Gasteiger partial charge is 0.383 e. The Morgan fingerprint density at radius 2 is 2.08 bits per heavy atom. The number of nitrogens with one attached hydrogen (secondary N) is 1. The van der Waals surface area contributed by atoms with E-state index in [1.165, 1.54) is 18.3 Å². The van der Waals surface area contributed by atoms with Crippen LogP contribution in [0.15, 0.2) is 54.4 Å². The number of hydrogen-bond donors (Lipinski definition) is 1. The van der Waals surface area contributed by atoms with E-state index in [1.54, 1.807) is 50.3 Å². The minimum absolute atomic E-state index is 0.181. The van der Waals surface area contributed by atoms with Crippen LogP contribution in [0.4, 0.5) is 18.9 Å². The molecular weight excluding hydrogens is 331 g/mol. The number of carbonyl (C=O) groups excluding carboxylic acids is 1. The van der Waals surface area contributed by atoms with Crippen molar-refractivity contribution in [2.24, 2.45) is 0 Å².